The third-order valence-corrected chi connectivity index (χ3v) is 6.82. The zero-order valence-corrected chi connectivity index (χ0v) is 16.9. The van der Waals surface area contributed by atoms with Gasteiger partial charge in [-0.1, -0.05) is 36.4 Å². The standard InChI is InChI=1S/C21H22ClNO4S/c1-2-14-3-4-15-13-17(7-10-20(15)19(14)11-12-21(24)25)23-28(26,27)18-8-5-16(22)6-9-18/h2-6,8-9,17,23H,1,7,10-13H2,(H,24,25). The zero-order valence-electron chi connectivity index (χ0n) is 15.3. The van der Waals surface area contributed by atoms with Gasteiger partial charge in [0.2, 0.25) is 10.0 Å². The van der Waals surface area contributed by atoms with E-state index in [1.54, 1.807) is 18.2 Å². The summed E-state index contributed by atoms with van der Waals surface area (Å²) in [5, 5.41) is 9.51. The minimum Gasteiger partial charge on any atom is -0.481 e. The van der Waals surface area contributed by atoms with Crippen LogP contribution in [0.4, 0.5) is 0 Å². The first-order chi connectivity index (χ1) is 13.3. The predicted molar refractivity (Wildman–Crippen MR) is 110 cm³/mol. The molecule has 0 radical (unpaired) electrons. The highest BCUT2D eigenvalue weighted by Crippen LogP contribution is 2.29. The Morgan fingerprint density at radius 3 is 2.61 bits per heavy atom. The van der Waals surface area contributed by atoms with E-state index in [1.807, 2.05) is 12.1 Å². The summed E-state index contributed by atoms with van der Waals surface area (Å²) in [5.74, 6) is -0.836. The number of benzene rings is 2. The van der Waals surface area contributed by atoms with Gasteiger partial charge in [-0.3, -0.25) is 4.79 Å². The maximum atomic E-state index is 12.6. The lowest BCUT2D eigenvalue weighted by atomic mass is 9.82. The van der Waals surface area contributed by atoms with Crippen LogP contribution in [0.25, 0.3) is 6.08 Å². The van der Waals surface area contributed by atoms with Crippen molar-refractivity contribution >= 4 is 33.7 Å². The first kappa shape index (κ1) is 20.6. The Balaban J connectivity index is 1.81. The van der Waals surface area contributed by atoms with Gasteiger partial charge in [0.1, 0.15) is 0 Å². The maximum absolute atomic E-state index is 12.6. The van der Waals surface area contributed by atoms with Crippen molar-refractivity contribution in [2.75, 3.05) is 0 Å². The normalized spacial score (nSPS) is 16.4. The Bertz CT molecular complexity index is 1000. The molecular weight excluding hydrogens is 398 g/mol. The molecule has 0 saturated carbocycles. The number of rotatable bonds is 7. The van der Waals surface area contributed by atoms with Crippen molar-refractivity contribution in [1.82, 2.24) is 4.72 Å². The van der Waals surface area contributed by atoms with Crippen molar-refractivity contribution in [2.45, 2.75) is 43.0 Å². The van der Waals surface area contributed by atoms with Crippen LogP contribution in [0.5, 0.6) is 0 Å². The van der Waals surface area contributed by atoms with Crippen molar-refractivity contribution in [3.05, 3.63) is 70.3 Å². The van der Waals surface area contributed by atoms with Gasteiger partial charge in [0, 0.05) is 17.5 Å². The monoisotopic (exact) mass is 419 g/mol. The molecule has 0 spiro atoms. The fourth-order valence-electron chi connectivity index (χ4n) is 3.67. The third kappa shape index (κ3) is 4.63. The van der Waals surface area contributed by atoms with Gasteiger partial charge in [0.05, 0.1) is 4.90 Å². The summed E-state index contributed by atoms with van der Waals surface area (Å²) < 4.78 is 28.1. The Morgan fingerprint density at radius 1 is 1.25 bits per heavy atom. The van der Waals surface area contributed by atoms with E-state index in [0.717, 1.165) is 22.3 Å². The summed E-state index contributed by atoms with van der Waals surface area (Å²) in [6.07, 6.45) is 4.16. The Morgan fingerprint density at radius 2 is 1.96 bits per heavy atom. The highest BCUT2D eigenvalue weighted by Gasteiger charge is 2.26. The van der Waals surface area contributed by atoms with Crippen LogP contribution >= 0.6 is 11.6 Å². The number of carbonyl (C=O) groups is 1. The van der Waals surface area contributed by atoms with Gasteiger partial charge in [0.15, 0.2) is 0 Å². The quantitative estimate of drug-likeness (QED) is 0.714. The average Bonchev–Trinajstić information content (AvgIpc) is 2.65. The second-order valence-corrected chi connectivity index (χ2v) is 9.03. The fourth-order valence-corrected chi connectivity index (χ4v) is 5.07. The van der Waals surface area contributed by atoms with Crippen LogP contribution in [-0.4, -0.2) is 25.5 Å². The molecule has 2 aromatic carbocycles. The Labute approximate surface area is 170 Å². The minimum atomic E-state index is -3.63. The largest absolute Gasteiger partial charge is 0.481 e. The van der Waals surface area contributed by atoms with Crippen LogP contribution in [0.15, 0.2) is 47.9 Å². The molecule has 0 saturated heterocycles. The number of sulfonamides is 1. The van der Waals surface area contributed by atoms with Crippen LogP contribution in [0.3, 0.4) is 0 Å². The van der Waals surface area contributed by atoms with Crippen LogP contribution in [-0.2, 0) is 34.1 Å². The summed E-state index contributed by atoms with van der Waals surface area (Å²) in [6, 6.07) is 9.78. The average molecular weight is 420 g/mol. The van der Waals surface area contributed by atoms with Gasteiger partial charge < -0.3 is 5.11 Å². The Hall–Kier alpha value is -2.15. The molecule has 2 N–H and O–H groups in total. The molecule has 1 aliphatic rings. The molecule has 7 heteroatoms. The van der Waals surface area contributed by atoms with E-state index in [1.165, 1.54) is 12.1 Å². The van der Waals surface area contributed by atoms with Crippen molar-refractivity contribution in [3.8, 4) is 0 Å². The lowest BCUT2D eigenvalue weighted by molar-refractivity contribution is -0.136. The lowest BCUT2D eigenvalue weighted by Gasteiger charge is -2.28. The summed E-state index contributed by atoms with van der Waals surface area (Å²) >= 11 is 5.84. The highest BCUT2D eigenvalue weighted by molar-refractivity contribution is 7.89. The molecule has 0 amide bonds. The highest BCUT2D eigenvalue weighted by atomic mass is 35.5. The van der Waals surface area contributed by atoms with Crippen molar-refractivity contribution in [3.63, 3.8) is 0 Å². The van der Waals surface area contributed by atoms with Crippen molar-refractivity contribution in [1.29, 1.82) is 0 Å². The number of carboxylic acid groups (broad SMARTS) is 1. The van der Waals surface area contributed by atoms with E-state index in [2.05, 4.69) is 11.3 Å². The topological polar surface area (TPSA) is 83.5 Å². The maximum Gasteiger partial charge on any atom is 0.303 e. The second kappa shape index (κ2) is 8.47. The number of carboxylic acids is 1. The van der Waals surface area contributed by atoms with Crippen LogP contribution in [0, 0.1) is 0 Å². The molecule has 0 bridgehead atoms. The molecule has 1 unspecified atom stereocenters. The first-order valence-electron chi connectivity index (χ1n) is 9.06. The van der Waals surface area contributed by atoms with Gasteiger partial charge in [-0.15, -0.1) is 0 Å². The summed E-state index contributed by atoms with van der Waals surface area (Å²) in [5.41, 5.74) is 4.13. The number of halogens is 1. The lowest BCUT2D eigenvalue weighted by Crippen LogP contribution is -2.39. The van der Waals surface area contributed by atoms with Gasteiger partial charge in [-0.05, 0) is 72.2 Å². The summed E-state index contributed by atoms with van der Waals surface area (Å²) in [4.78, 5) is 11.2. The minimum absolute atomic E-state index is 0.0594. The molecule has 1 aliphatic carbocycles. The molecule has 1 atom stereocenters. The van der Waals surface area contributed by atoms with Crippen LogP contribution in [0.2, 0.25) is 5.02 Å². The number of fused-ring (bicyclic) bond motifs is 1. The Kier molecular flexibility index (Phi) is 6.23. The molecule has 148 valence electrons. The van der Waals surface area contributed by atoms with E-state index in [9.17, 15) is 13.2 Å². The third-order valence-electron chi connectivity index (χ3n) is 5.03. The number of hydrogen-bond donors (Lipinski definition) is 2. The molecule has 0 fully saturated rings. The smallest absolute Gasteiger partial charge is 0.303 e. The predicted octanol–water partition coefficient (Wildman–Crippen LogP) is 3.84. The number of nitrogens with one attached hydrogen (secondary N) is 1. The molecule has 0 heterocycles. The number of aliphatic carboxylic acids is 1. The van der Waals surface area contributed by atoms with Gasteiger partial charge >= 0.3 is 5.97 Å². The van der Waals surface area contributed by atoms with Gasteiger partial charge in [0.25, 0.3) is 0 Å². The molecule has 0 aliphatic heterocycles. The SMILES string of the molecule is C=Cc1ccc2c(c1CCC(=O)O)CCC(NS(=O)(=O)c1ccc(Cl)cc1)C2. The zero-order chi connectivity index (χ0) is 20.3. The second-order valence-electron chi connectivity index (χ2n) is 6.88. The van der Waals surface area contributed by atoms with Crippen molar-refractivity contribution < 1.29 is 18.3 Å². The van der Waals surface area contributed by atoms with E-state index < -0.39 is 16.0 Å². The molecular formula is C21H22ClNO4S. The van der Waals surface area contributed by atoms with E-state index in [4.69, 9.17) is 16.7 Å². The molecule has 5 nitrogen and oxygen atoms in total. The molecule has 0 aromatic heterocycles. The van der Waals surface area contributed by atoms with E-state index in [-0.39, 0.29) is 17.4 Å². The number of hydrogen-bond acceptors (Lipinski definition) is 3. The van der Waals surface area contributed by atoms with E-state index >= 15 is 0 Å². The molecule has 3 rings (SSSR count). The first-order valence-corrected chi connectivity index (χ1v) is 10.9. The fraction of sp³-hybridized carbons (Fsp3) is 0.286. The van der Waals surface area contributed by atoms with E-state index in [0.29, 0.717) is 30.7 Å². The van der Waals surface area contributed by atoms with Gasteiger partial charge in [-0.25, -0.2) is 13.1 Å². The van der Waals surface area contributed by atoms with Crippen LogP contribution < -0.4 is 4.72 Å². The summed E-state index contributed by atoms with van der Waals surface area (Å²) in [7, 11) is -3.63. The van der Waals surface area contributed by atoms with Crippen LogP contribution in [0.1, 0.15) is 35.1 Å². The molecule has 28 heavy (non-hydrogen) atoms. The van der Waals surface area contributed by atoms with Crippen molar-refractivity contribution in [2.24, 2.45) is 0 Å². The van der Waals surface area contributed by atoms with Gasteiger partial charge in [-0.2, -0.15) is 0 Å². The molecule has 2 aromatic rings. The summed E-state index contributed by atoms with van der Waals surface area (Å²) in [6.45, 7) is 3.82.